The molecule has 1 saturated heterocycles. The first-order valence-electron chi connectivity index (χ1n) is 6.09. The predicted octanol–water partition coefficient (Wildman–Crippen LogP) is 2.14. The maximum atomic E-state index is 10.8. The molecule has 6 heteroatoms. The normalized spacial score (nSPS) is 16.5. The van der Waals surface area contributed by atoms with Crippen molar-refractivity contribution in [3.63, 3.8) is 0 Å². The number of hydrogen-bond donors (Lipinski definition) is 1. The average molecular weight is 251 g/mol. The summed E-state index contributed by atoms with van der Waals surface area (Å²) in [5.41, 5.74) is 0.691. The van der Waals surface area contributed by atoms with E-state index in [1.165, 1.54) is 12.3 Å². The molecule has 2 rings (SSSR count). The Kier molecular flexibility index (Phi) is 4.09. The van der Waals surface area contributed by atoms with E-state index in [0.29, 0.717) is 17.3 Å². The highest BCUT2D eigenvalue weighted by atomic mass is 16.6. The molecule has 1 aromatic rings. The van der Waals surface area contributed by atoms with E-state index in [1.54, 1.807) is 6.92 Å². The van der Waals surface area contributed by atoms with E-state index in [0.717, 1.165) is 32.6 Å². The number of hydrogen-bond acceptors (Lipinski definition) is 5. The Morgan fingerprint density at radius 1 is 1.56 bits per heavy atom. The fourth-order valence-corrected chi connectivity index (χ4v) is 2.01. The van der Waals surface area contributed by atoms with Gasteiger partial charge in [0.15, 0.2) is 0 Å². The van der Waals surface area contributed by atoms with Crippen molar-refractivity contribution < 1.29 is 9.66 Å². The quantitative estimate of drug-likeness (QED) is 0.655. The number of aromatic nitrogens is 1. The lowest BCUT2D eigenvalue weighted by atomic mass is 10.0. The summed E-state index contributed by atoms with van der Waals surface area (Å²) in [5, 5.41) is 14.0. The molecule has 1 fully saturated rings. The van der Waals surface area contributed by atoms with E-state index < -0.39 is 0 Å². The van der Waals surface area contributed by atoms with Crippen molar-refractivity contribution in [3.8, 4) is 0 Å². The number of nitrogens with one attached hydrogen (secondary N) is 1. The molecule has 98 valence electrons. The minimum atomic E-state index is -0.378. The summed E-state index contributed by atoms with van der Waals surface area (Å²) < 4.78 is 5.29. The summed E-state index contributed by atoms with van der Waals surface area (Å²) in [7, 11) is 0. The number of aryl methyl sites for hydroxylation is 1. The molecule has 1 aliphatic rings. The Labute approximate surface area is 106 Å². The van der Waals surface area contributed by atoms with Crippen LogP contribution in [0.25, 0.3) is 0 Å². The minimum Gasteiger partial charge on any atom is -0.381 e. The summed E-state index contributed by atoms with van der Waals surface area (Å²) >= 11 is 0. The number of nitrogens with zero attached hydrogens (tertiary/aromatic N) is 2. The monoisotopic (exact) mass is 251 g/mol. The summed E-state index contributed by atoms with van der Waals surface area (Å²) in [6.45, 7) is 4.08. The third kappa shape index (κ3) is 3.16. The molecule has 0 unspecified atom stereocenters. The molecule has 0 atom stereocenters. The van der Waals surface area contributed by atoms with Crippen LogP contribution < -0.4 is 5.32 Å². The van der Waals surface area contributed by atoms with Gasteiger partial charge in [-0.15, -0.1) is 0 Å². The van der Waals surface area contributed by atoms with E-state index in [9.17, 15) is 10.1 Å². The zero-order valence-electron chi connectivity index (χ0n) is 10.4. The molecule has 0 aromatic carbocycles. The molecular formula is C12H17N3O3. The Morgan fingerprint density at radius 2 is 2.28 bits per heavy atom. The summed E-state index contributed by atoms with van der Waals surface area (Å²) in [6.07, 6.45) is 3.59. The third-order valence-corrected chi connectivity index (χ3v) is 3.18. The lowest BCUT2D eigenvalue weighted by molar-refractivity contribution is -0.385. The topological polar surface area (TPSA) is 77.3 Å². The smallest absolute Gasteiger partial charge is 0.277 e. The van der Waals surface area contributed by atoms with E-state index in [2.05, 4.69) is 10.3 Å². The highest BCUT2D eigenvalue weighted by Gasteiger charge is 2.15. The first kappa shape index (κ1) is 12.8. The molecule has 0 bridgehead atoms. The van der Waals surface area contributed by atoms with Crippen molar-refractivity contribution in [3.05, 3.63) is 27.9 Å². The van der Waals surface area contributed by atoms with Crippen LogP contribution in [0.5, 0.6) is 0 Å². The van der Waals surface area contributed by atoms with Gasteiger partial charge in [-0.25, -0.2) is 4.98 Å². The van der Waals surface area contributed by atoms with Gasteiger partial charge >= 0.3 is 0 Å². The zero-order chi connectivity index (χ0) is 13.0. The Balaban J connectivity index is 1.96. The van der Waals surface area contributed by atoms with Gasteiger partial charge in [0.2, 0.25) is 0 Å². The SMILES string of the molecule is Cc1cnc(NCC2CCOCC2)cc1[N+](=O)[O-]. The van der Waals surface area contributed by atoms with Gasteiger partial charge in [0.1, 0.15) is 5.82 Å². The van der Waals surface area contributed by atoms with Crippen LogP contribution in [0.1, 0.15) is 18.4 Å². The summed E-state index contributed by atoms with van der Waals surface area (Å²) in [5.74, 6) is 1.12. The van der Waals surface area contributed by atoms with Crippen LogP contribution in [-0.2, 0) is 4.74 Å². The van der Waals surface area contributed by atoms with Crippen LogP contribution in [0.15, 0.2) is 12.3 Å². The number of anilines is 1. The van der Waals surface area contributed by atoms with Crippen LogP contribution in [0.2, 0.25) is 0 Å². The van der Waals surface area contributed by atoms with Crippen LogP contribution >= 0.6 is 0 Å². The number of rotatable bonds is 4. The van der Waals surface area contributed by atoms with E-state index in [4.69, 9.17) is 4.74 Å². The maximum absolute atomic E-state index is 10.8. The first-order chi connectivity index (χ1) is 8.66. The molecule has 6 nitrogen and oxygen atoms in total. The largest absolute Gasteiger partial charge is 0.381 e. The lowest BCUT2D eigenvalue weighted by Gasteiger charge is -2.22. The highest BCUT2D eigenvalue weighted by molar-refractivity contribution is 5.48. The van der Waals surface area contributed by atoms with Crippen LogP contribution in [0.4, 0.5) is 11.5 Å². The van der Waals surface area contributed by atoms with Gasteiger partial charge in [-0.3, -0.25) is 10.1 Å². The van der Waals surface area contributed by atoms with Crippen molar-refractivity contribution in [2.45, 2.75) is 19.8 Å². The van der Waals surface area contributed by atoms with Crippen molar-refractivity contribution in [2.75, 3.05) is 25.1 Å². The average Bonchev–Trinajstić information content (AvgIpc) is 2.38. The fraction of sp³-hybridized carbons (Fsp3) is 0.583. The Bertz CT molecular complexity index is 431. The third-order valence-electron chi connectivity index (χ3n) is 3.18. The molecule has 0 amide bonds. The van der Waals surface area contributed by atoms with E-state index in [1.807, 2.05) is 0 Å². The standard InChI is InChI=1S/C12H17N3O3/c1-9-7-13-12(6-11(9)15(16)17)14-8-10-2-4-18-5-3-10/h6-7,10H,2-5,8H2,1H3,(H,13,14). The number of ether oxygens (including phenoxy) is 1. The highest BCUT2D eigenvalue weighted by Crippen LogP contribution is 2.21. The first-order valence-corrected chi connectivity index (χ1v) is 6.09. The number of nitro groups is 1. The lowest BCUT2D eigenvalue weighted by Crippen LogP contribution is -2.22. The minimum absolute atomic E-state index is 0.111. The Hall–Kier alpha value is -1.69. The second-order valence-electron chi connectivity index (χ2n) is 4.55. The molecule has 0 radical (unpaired) electrons. The molecule has 0 aliphatic carbocycles. The summed E-state index contributed by atoms with van der Waals surface area (Å²) in [4.78, 5) is 14.6. The maximum Gasteiger partial charge on any atom is 0.277 e. The zero-order valence-corrected chi connectivity index (χ0v) is 10.4. The van der Waals surface area contributed by atoms with Gasteiger partial charge in [0.25, 0.3) is 5.69 Å². The van der Waals surface area contributed by atoms with Gasteiger partial charge in [0.05, 0.1) is 11.0 Å². The van der Waals surface area contributed by atoms with Crippen LogP contribution in [0, 0.1) is 23.0 Å². The van der Waals surface area contributed by atoms with Gasteiger partial charge in [-0.1, -0.05) is 0 Å². The molecular weight excluding hydrogens is 234 g/mol. The Morgan fingerprint density at radius 3 is 2.94 bits per heavy atom. The molecule has 0 spiro atoms. The van der Waals surface area contributed by atoms with Crippen molar-refractivity contribution >= 4 is 11.5 Å². The number of pyridine rings is 1. The fourth-order valence-electron chi connectivity index (χ4n) is 2.01. The predicted molar refractivity (Wildman–Crippen MR) is 67.7 cm³/mol. The molecule has 1 N–H and O–H groups in total. The second-order valence-corrected chi connectivity index (χ2v) is 4.55. The molecule has 18 heavy (non-hydrogen) atoms. The van der Waals surface area contributed by atoms with E-state index in [-0.39, 0.29) is 10.6 Å². The summed E-state index contributed by atoms with van der Waals surface area (Å²) in [6, 6.07) is 1.49. The van der Waals surface area contributed by atoms with Crippen molar-refractivity contribution in [1.82, 2.24) is 4.98 Å². The molecule has 1 aliphatic heterocycles. The van der Waals surface area contributed by atoms with Crippen LogP contribution in [0.3, 0.4) is 0 Å². The van der Waals surface area contributed by atoms with Crippen molar-refractivity contribution in [1.29, 1.82) is 0 Å². The molecule has 1 aromatic heterocycles. The van der Waals surface area contributed by atoms with Gasteiger partial charge < -0.3 is 10.1 Å². The van der Waals surface area contributed by atoms with Crippen LogP contribution in [-0.4, -0.2) is 29.7 Å². The van der Waals surface area contributed by atoms with Gasteiger partial charge in [-0.05, 0) is 25.7 Å². The van der Waals surface area contributed by atoms with Crippen molar-refractivity contribution in [2.24, 2.45) is 5.92 Å². The van der Waals surface area contributed by atoms with Gasteiger partial charge in [-0.2, -0.15) is 0 Å². The second kappa shape index (κ2) is 5.77. The van der Waals surface area contributed by atoms with E-state index >= 15 is 0 Å². The van der Waals surface area contributed by atoms with Gasteiger partial charge in [0, 0.05) is 31.5 Å². The molecule has 2 heterocycles. The molecule has 0 saturated carbocycles.